The van der Waals surface area contributed by atoms with Gasteiger partial charge in [0.25, 0.3) is 11.1 Å². The van der Waals surface area contributed by atoms with Crippen molar-refractivity contribution in [3.63, 3.8) is 0 Å². The fourth-order valence-electron chi connectivity index (χ4n) is 5.66. The smallest absolute Gasteiger partial charge is 0.289 e. The molecule has 3 fully saturated rings. The number of nitrogens with two attached hydrogens (primary N) is 1. The summed E-state index contributed by atoms with van der Waals surface area (Å²) in [5.74, 6) is -3.21. The molecule has 6 nitrogen and oxygen atoms in total. The van der Waals surface area contributed by atoms with E-state index in [9.17, 15) is 27.6 Å². The lowest BCUT2D eigenvalue weighted by Gasteiger charge is -2.41. The molecule has 3 heterocycles. The number of benzene rings is 2. The first kappa shape index (κ1) is 24.8. The largest absolute Gasteiger partial charge is 0.333 e. The van der Waals surface area contributed by atoms with Gasteiger partial charge in [-0.1, -0.05) is 23.9 Å². The molecule has 4 atom stereocenters. The number of rotatable bonds is 6. The van der Waals surface area contributed by atoms with E-state index in [2.05, 4.69) is 0 Å². The molecule has 2 bridgehead atoms. The highest BCUT2D eigenvalue weighted by Crippen LogP contribution is 2.41. The van der Waals surface area contributed by atoms with Gasteiger partial charge in [-0.05, 0) is 67.3 Å². The summed E-state index contributed by atoms with van der Waals surface area (Å²) in [6.07, 6.45) is 3.15. The van der Waals surface area contributed by atoms with Crippen molar-refractivity contribution in [2.45, 2.75) is 56.8 Å². The molecule has 5 rings (SSSR count). The van der Waals surface area contributed by atoms with Crippen LogP contribution in [0.1, 0.15) is 47.2 Å². The SMILES string of the molecule is N[C@H](Cc1cc(F)c(F)cc1F)[C@H]1C[C@H]2CC[C@@H](C1)N2C(=O)c1ccc(CN2C(=O)CSC2=O)cc1. The van der Waals surface area contributed by atoms with Crippen molar-refractivity contribution in [3.05, 3.63) is 70.5 Å². The highest BCUT2D eigenvalue weighted by molar-refractivity contribution is 8.14. The van der Waals surface area contributed by atoms with E-state index in [0.717, 1.165) is 36.2 Å². The molecule has 0 saturated carbocycles. The second-order valence-electron chi connectivity index (χ2n) is 9.79. The van der Waals surface area contributed by atoms with Gasteiger partial charge in [-0.2, -0.15) is 0 Å². The summed E-state index contributed by atoms with van der Waals surface area (Å²) in [5.41, 5.74) is 7.75. The van der Waals surface area contributed by atoms with Gasteiger partial charge in [-0.3, -0.25) is 19.3 Å². The summed E-state index contributed by atoms with van der Waals surface area (Å²) in [6.45, 7) is 0.187. The van der Waals surface area contributed by atoms with E-state index >= 15 is 0 Å². The predicted octanol–water partition coefficient (Wildman–Crippen LogP) is 4.25. The Balaban J connectivity index is 1.22. The third-order valence-electron chi connectivity index (χ3n) is 7.54. The van der Waals surface area contributed by atoms with Gasteiger partial charge in [0.1, 0.15) is 5.82 Å². The fraction of sp³-hybridized carbons (Fsp3) is 0.423. The van der Waals surface area contributed by atoms with Crippen LogP contribution in [-0.2, 0) is 17.8 Å². The van der Waals surface area contributed by atoms with Crippen molar-refractivity contribution in [1.29, 1.82) is 0 Å². The minimum Gasteiger partial charge on any atom is -0.333 e. The van der Waals surface area contributed by atoms with E-state index < -0.39 is 23.5 Å². The van der Waals surface area contributed by atoms with Crippen LogP contribution < -0.4 is 5.73 Å². The van der Waals surface area contributed by atoms with Crippen LogP contribution in [0.25, 0.3) is 0 Å². The molecule has 0 radical (unpaired) electrons. The first-order valence-electron chi connectivity index (χ1n) is 12.0. The number of hydrogen-bond acceptors (Lipinski definition) is 5. The van der Waals surface area contributed by atoms with E-state index in [4.69, 9.17) is 5.73 Å². The molecule has 3 saturated heterocycles. The van der Waals surface area contributed by atoms with Crippen LogP contribution in [0.5, 0.6) is 0 Å². The zero-order chi connectivity index (χ0) is 25.6. The second-order valence-corrected chi connectivity index (χ2v) is 10.7. The summed E-state index contributed by atoms with van der Waals surface area (Å²) >= 11 is 0.989. The average Bonchev–Trinajstić information content (AvgIpc) is 3.31. The van der Waals surface area contributed by atoms with Crippen molar-refractivity contribution < 1.29 is 27.6 Å². The van der Waals surface area contributed by atoms with Crippen molar-refractivity contribution in [2.75, 3.05) is 5.75 Å². The molecule has 0 aromatic heterocycles. The molecule has 3 aliphatic heterocycles. The first-order valence-corrected chi connectivity index (χ1v) is 13.0. The summed E-state index contributed by atoms with van der Waals surface area (Å²) in [4.78, 5) is 40.1. The molecule has 190 valence electrons. The number of carbonyl (C=O) groups is 3. The topological polar surface area (TPSA) is 83.7 Å². The standard InChI is InChI=1S/C26H26F3N3O3S/c27-20-11-22(29)21(28)9-16(20)10-23(30)17-7-18-5-6-19(8-17)32(18)25(34)15-3-1-14(2-4-15)12-31-24(33)13-36-26(31)35/h1-4,9,11,17-19,23H,5-8,10,12-13,30H2/t17-,18+,19-,23-/m1/s1. The Labute approximate surface area is 211 Å². The number of hydrogen-bond donors (Lipinski definition) is 1. The van der Waals surface area contributed by atoms with Gasteiger partial charge in [0.15, 0.2) is 11.6 Å². The number of imide groups is 1. The van der Waals surface area contributed by atoms with Gasteiger partial charge < -0.3 is 10.6 Å². The maximum Gasteiger partial charge on any atom is 0.289 e. The summed E-state index contributed by atoms with van der Waals surface area (Å²) in [6, 6.07) is 7.98. The Hall–Kier alpha value is -2.85. The Bertz CT molecular complexity index is 1180. The molecule has 0 unspecified atom stereocenters. The Morgan fingerprint density at radius 1 is 1.00 bits per heavy atom. The number of nitrogens with zero attached hydrogens (tertiary/aromatic N) is 2. The van der Waals surface area contributed by atoms with E-state index in [1.807, 2.05) is 4.90 Å². The zero-order valence-electron chi connectivity index (χ0n) is 19.5. The number of piperidine rings is 1. The van der Waals surface area contributed by atoms with Crippen LogP contribution in [0.2, 0.25) is 0 Å². The van der Waals surface area contributed by atoms with Crippen LogP contribution in [0.15, 0.2) is 36.4 Å². The molecule has 0 aliphatic carbocycles. The molecule has 3 amide bonds. The molecule has 0 spiro atoms. The third-order valence-corrected chi connectivity index (χ3v) is 8.40. The minimum absolute atomic E-state index is 0.0126. The molecule has 2 aromatic carbocycles. The van der Waals surface area contributed by atoms with Crippen molar-refractivity contribution >= 4 is 28.8 Å². The minimum atomic E-state index is -1.22. The van der Waals surface area contributed by atoms with Crippen LogP contribution in [0, 0.1) is 23.4 Å². The monoisotopic (exact) mass is 517 g/mol. The lowest BCUT2D eigenvalue weighted by molar-refractivity contribution is -0.125. The number of amides is 3. The lowest BCUT2D eigenvalue weighted by Crippen LogP contribution is -2.50. The molecule has 2 aromatic rings. The molecule has 2 N–H and O–H groups in total. The normalized spacial score (nSPS) is 24.5. The second kappa shape index (κ2) is 9.89. The maximum atomic E-state index is 14.1. The van der Waals surface area contributed by atoms with E-state index in [1.165, 1.54) is 4.90 Å². The molecular formula is C26H26F3N3O3S. The molecule has 10 heteroatoms. The number of thioether (sulfide) groups is 1. The van der Waals surface area contributed by atoms with E-state index in [1.54, 1.807) is 24.3 Å². The summed E-state index contributed by atoms with van der Waals surface area (Å²) in [7, 11) is 0. The highest BCUT2D eigenvalue weighted by atomic mass is 32.2. The summed E-state index contributed by atoms with van der Waals surface area (Å²) < 4.78 is 40.9. The number of carbonyl (C=O) groups excluding carboxylic acids is 3. The average molecular weight is 518 g/mol. The highest BCUT2D eigenvalue weighted by Gasteiger charge is 2.44. The van der Waals surface area contributed by atoms with Crippen LogP contribution >= 0.6 is 11.8 Å². The fourth-order valence-corrected chi connectivity index (χ4v) is 6.38. The molecule has 3 aliphatic rings. The lowest BCUT2D eigenvalue weighted by atomic mass is 9.82. The van der Waals surface area contributed by atoms with Crippen LogP contribution in [-0.4, -0.2) is 50.7 Å². The van der Waals surface area contributed by atoms with E-state index in [-0.39, 0.29) is 59.3 Å². The zero-order valence-corrected chi connectivity index (χ0v) is 20.3. The summed E-state index contributed by atoms with van der Waals surface area (Å²) in [5, 5.41) is -0.259. The Morgan fingerprint density at radius 2 is 1.64 bits per heavy atom. The molecular weight excluding hydrogens is 491 g/mol. The Morgan fingerprint density at radius 3 is 2.25 bits per heavy atom. The first-order chi connectivity index (χ1) is 17.2. The van der Waals surface area contributed by atoms with Gasteiger partial charge in [0.05, 0.1) is 12.3 Å². The van der Waals surface area contributed by atoms with Crippen molar-refractivity contribution in [3.8, 4) is 0 Å². The van der Waals surface area contributed by atoms with E-state index in [0.29, 0.717) is 24.5 Å². The van der Waals surface area contributed by atoms with Crippen molar-refractivity contribution in [2.24, 2.45) is 11.7 Å². The predicted molar refractivity (Wildman–Crippen MR) is 129 cm³/mol. The van der Waals surface area contributed by atoms with Gasteiger partial charge in [-0.15, -0.1) is 0 Å². The van der Waals surface area contributed by atoms with Gasteiger partial charge in [0.2, 0.25) is 5.91 Å². The quantitative estimate of drug-likeness (QED) is 0.580. The van der Waals surface area contributed by atoms with Gasteiger partial charge >= 0.3 is 0 Å². The van der Waals surface area contributed by atoms with Gasteiger partial charge in [-0.25, -0.2) is 13.2 Å². The van der Waals surface area contributed by atoms with Crippen LogP contribution in [0.4, 0.5) is 18.0 Å². The maximum absolute atomic E-state index is 14.1. The van der Waals surface area contributed by atoms with Gasteiger partial charge in [0, 0.05) is 29.8 Å². The van der Waals surface area contributed by atoms with Crippen LogP contribution in [0.3, 0.4) is 0 Å². The Kier molecular flexibility index (Phi) is 6.82. The molecule has 36 heavy (non-hydrogen) atoms. The number of fused-ring (bicyclic) bond motifs is 2. The van der Waals surface area contributed by atoms with Crippen molar-refractivity contribution in [1.82, 2.24) is 9.80 Å². The number of halogens is 3. The third kappa shape index (κ3) is 4.76.